The van der Waals surface area contributed by atoms with Crippen LogP contribution < -0.4 is 10.1 Å². The Balaban J connectivity index is 1.50. The highest BCUT2D eigenvalue weighted by atomic mass is 16.5. The number of hydrogen-bond acceptors (Lipinski definition) is 8. The van der Waals surface area contributed by atoms with Gasteiger partial charge >= 0.3 is 5.97 Å². The van der Waals surface area contributed by atoms with Crippen molar-refractivity contribution >= 4 is 17.5 Å². The summed E-state index contributed by atoms with van der Waals surface area (Å²) in [6, 6.07) is 9.88. The molecule has 146 valence electrons. The van der Waals surface area contributed by atoms with Crippen LogP contribution in [0, 0.1) is 6.92 Å². The Morgan fingerprint density at radius 1 is 1.17 bits per heavy atom. The van der Waals surface area contributed by atoms with Crippen LogP contribution in [0.3, 0.4) is 0 Å². The molecular formula is C19H16N6O4. The summed E-state index contributed by atoms with van der Waals surface area (Å²) in [6.45, 7) is 3.21. The van der Waals surface area contributed by atoms with Gasteiger partial charge in [0.25, 0.3) is 11.8 Å². The second kappa shape index (κ2) is 7.50. The molecule has 0 aliphatic rings. The first-order valence-electron chi connectivity index (χ1n) is 8.71. The molecule has 1 aromatic carbocycles. The lowest BCUT2D eigenvalue weighted by atomic mass is 10.2. The van der Waals surface area contributed by atoms with E-state index in [2.05, 4.69) is 25.7 Å². The minimum Gasteiger partial charge on any atom is -0.427 e. The molecule has 29 heavy (non-hydrogen) atoms. The Bertz CT molecular complexity index is 1200. The topological polar surface area (TPSA) is 125 Å². The number of carbonyl (C=O) groups is 2. The molecule has 0 spiro atoms. The largest absolute Gasteiger partial charge is 0.427 e. The summed E-state index contributed by atoms with van der Waals surface area (Å²) in [4.78, 5) is 27.6. The Kier molecular flexibility index (Phi) is 4.73. The standard InChI is InChI=1S/C19H16N6O4/c1-11-21-19(29-24-11)15-4-3-9-25-16(22-23-17(15)25)10-20-18(27)13-5-7-14(8-6-13)28-12(2)26/h3-9H,10H2,1-2H3,(H,20,27). The highest BCUT2D eigenvalue weighted by molar-refractivity contribution is 5.94. The molecule has 0 fully saturated rings. The predicted molar refractivity (Wildman–Crippen MR) is 99.9 cm³/mol. The molecule has 0 atom stereocenters. The van der Waals surface area contributed by atoms with Gasteiger partial charge in [-0.1, -0.05) is 5.16 Å². The number of esters is 1. The second-order valence-electron chi connectivity index (χ2n) is 6.18. The molecular weight excluding hydrogens is 376 g/mol. The maximum atomic E-state index is 12.4. The van der Waals surface area contributed by atoms with Gasteiger partial charge in [0.15, 0.2) is 17.3 Å². The molecule has 4 rings (SSSR count). The first-order chi connectivity index (χ1) is 14.0. The quantitative estimate of drug-likeness (QED) is 0.404. The molecule has 3 aromatic heterocycles. The Hall–Kier alpha value is -4.08. The van der Waals surface area contributed by atoms with E-state index in [0.29, 0.717) is 40.1 Å². The molecule has 0 bridgehead atoms. The van der Waals surface area contributed by atoms with Crippen molar-refractivity contribution in [3.05, 3.63) is 59.8 Å². The van der Waals surface area contributed by atoms with Gasteiger partial charge in [-0.3, -0.25) is 14.0 Å². The second-order valence-corrected chi connectivity index (χ2v) is 6.18. The first kappa shape index (κ1) is 18.3. The van der Waals surface area contributed by atoms with Crippen molar-refractivity contribution in [1.82, 2.24) is 30.1 Å². The zero-order valence-electron chi connectivity index (χ0n) is 15.6. The molecule has 4 aromatic rings. The van der Waals surface area contributed by atoms with Crippen LogP contribution in [0.1, 0.15) is 28.9 Å². The van der Waals surface area contributed by atoms with Crippen LogP contribution in [-0.4, -0.2) is 36.6 Å². The van der Waals surface area contributed by atoms with Gasteiger partial charge in [-0.15, -0.1) is 10.2 Å². The molecule has 1 N–H and O–H groups in total. The van der Waals surface area contributed by atoms with Crippen molar-refractivity contribution in [3.63, 3.8) is 0 Å². The van der Waals surface area contributed by atoms with Crippen LogP contribution >= 0.6 is 0 Å². The minimum atomic E-state index is -0.420. The van der Waals surface area contributed by atoms with Gasteiger partial charge in [0.05, 0.1) is 12.1 Å². The van der Waals surface area contributed by atoms with Gasteiger partial charge in [0.1, 0.15) is 5.75 Å². The number of nitrogens with one attached hydrogen (secondary N) is 1. The number of ether oxygens (including phenoxy) is 1. The number of rotatable bonds is 5. The highest BCUT2D eigenvalue weighted by Crippen LogP contribution is 2.22. The number of carbonyl (C=O) groups excluding carboxylic acids is 2. The van der Waals surface area contributed by atoms with Crippen molar-refractivity contribution in [3.8, 4) is 17.2 Å². The van der Waals surface area contributed by atoms with E-state index in [4.69, 9.17) is 9.26 Å². The van der Waals surface area contributed by atoms with Crippen LogP contribution in [0.4, 0.5) is 0 Å². The average molecular weight is 392 g/mol. The molecule has 0 saturated heterocycles. The van der Waals surface area contributed by atoms with E-state index >= 15 is 0 Å². The number of pyridine rings is 1. The lowest BCUT2D eigenvalue weighted by Crippen LogP contribution is -2.24. The monoisotopic (exact) mass is 392 g/mol. The summed E-state index contributed by atoms with van der Waals surface area (Å²) in [6.07, 6.45) is 1.79. The first-order valence-corrected chi connectivity index (χ1v) is 8.71. The van der Waals surface area contributed by atoms with Gasteiger partial charge in [-0.05, 0) is 43.3 Å². The van der Waals surface area contributed by atoms with Crippen molar-refractivity contribution in [2.24, 2.45) is 0 Å². The number of aromatic nitrogens is 5. The molecule has 0 unspecified atom stereocenters. The lowest BCUT2D eigenvalue weighted by Gasteiger charge is -2.06. The summed E-state index contributed by atoms with van der Waals surface area (Å²) in [7, 11) is 0. The van der Waals surface area contributed by atoms with Gasteiger partial charge in [-0.2, -0.15) is 4.98 Å². The highest BCUT2D eigenvalue weighted by Gasteiger charge is 2.16. The lowest BCUT2D eigenvalue weighted by molar-refractivity contribution is -0.131. The van der Waals surface area contributed by atoms with Crippen LogP contribution in [0.2, 0.25) is 0 Å². The van der Waals surface area contributed by atoms with E-state index in [1.165, 1.54) is 6.92 Å². The van der Waals surface area contributed by atoms with Gasteiger partial charge in [0.2, 0.25) is 0 Å². The molecule has 0 radical (unpaired) electrons. The van der Waals surface area contributed by atoms with Gasteiger partial charge < -0.3 is 14.6 Å². The Labute approximate surface area is 164 Å². The fraction of sp³-hybridized carbons (Fsp3) is 0.158. The molecule has 0 saturated carbocycles. The number of aryl methyl sites for hydroxylation is 1. The van der Waals surface area contributed by atoms with Crippen molar-refractivity contribution in [2.45, 2.75) is 20.4 Å². The molecule has 0 aliphatic carbocycles. The third kappa shape index (κ3) is 3.81. The molecule has 10 heteroatoms. The Morgan fingerprint density at radius 2 is 1.97 bits per heavy atom. The van der Waals surface area contributed by atoms with E-state index < -0.39 is 5.97 Å². The summed E-state index contributed by atoms with van der Waals surface area (Å²) in [5.74, 6) is 1.08. The van der Waals surface area contributed by atoms with Crippen LogP contribution in [0.5, 0.6) is 5.75 Å². The van der Waals surface area contributed by atoms with E-state index in [0.717, 1.165) is 0 Å². The number of fused-ring (bicyclic) bond motifs is 1. The van der Waals surface area contributed by atoms with E-state index in [9.17, 15) is 9.59 Å². The molecule has 0 aliphatic heterocycles. The maximum absolute atomic E-state index is 12.4. The van der Waals surface area contributed by atoms with E-state index in [1.807, 2.05) is 12.1 Å². The number of hydrogen-bond donors (Lipinski definition) is 1. The van der Waals surface area contributed by atoms with Gasteiger partial charge in [-0.25, -0.2) is 0 Å². The smallest absolute Gasteiger partial charge is 0.308 e. The average Bonchev–Trinajstić information content (AvgIpc) is 3.32. The summed E-state index contributed by atoms with van der Waals surface area (Å²) >= 11 is 0. The number of nitrogens with zero attached hydrogens (tertiary/aromatic N) is 5. The van der Waals surface area contributed by atoms with E-state index in [1.54, 1.807) is 41.8 Å². The van der Waals surface area contributed by atoms with Crippen molar-refractivity contribution < 1.29 is 18.8 Å². The Morgan fingerprint density at radius 3 is 2.66 bits per heavy atom. The van der Waals surface area contributed by atoms with Crippen LogP contribution in [-0.2, 0) is 11.3 Å². The van der Waals surface area contributed by atoms with Crippen LogP contribution in [0.15, 0.2) is 47.1 Å². The van der Waals surface area contributed by atoms with Crippen LogP contribution in [0.25, 0.3) is 17.1 Å². The predicted octanol–water partition coefficient (Wildman–Crippen LogP) is 1.94. The van der Waals surface area contributed by atoms with E-state index in [-0.39, 0.29) is 12.5 Å². The summed E-state index contributed by atoms with van der Waals surface area (Å²) in [5, 5.41) is 14.9. The third-order valence-corrected chi connectivity index (χ3v) is 4.05. The SMILES string of the molecule is CC(=O)Oc1ccc(C(=O)NCc2nnc3c(-c4nc(C)no4)cccn23)cc1. The van der Waals surface area contributed by atoms with Crippen molar-refractivity contribution in [1.29, 1.82) is 0 Å². The fourth-order valence-electron chi connectivity index (χ4n) is 2.76. The molecule has 10 nitrogen and oxygen atoms in total. The number of benzene rings is 1. The zero-order valence-corrected chi connectivity index (χ0v) is 15.6. The van der Waals surface area contributed by atoms with Gasteiger partial charge in [0, 0.05) is 18.7 Å². The maximum Gasteiger partial charge on any atom is 0.308 e. The normalized spacial score (nSPS) is 10.8. The number of amides is 1. The molecule has 1 amide bonds. The summed E-state index contributed by atoms with van der Waals surface area (Å²) < 4.78 is 11.9. The van der Waals surface area contributed by atoms with Crippen molar-refractivity contribution in [2.75, 3.05) is 0 Å². The minimum absolute atomic E-state index is 0.165. The third-order valence-electron chi connectivity index (χ3n) is 4.05. The molecule has 3 heterocycles. The summed E-state index contributed by atoms with van der Waals surface area (Å²) in [5.41, 5.74) is 1.63. The zero-order chi connectivity index (χ0) is 20.4. The fourth-order valence-corrected chi connectivity index (χ4v) is 2.76.